The van der Waals surface area contributed by atoms with Crippen LogP contribution >= 0.6 is 0 Å². The molecule has 4 heteroatoms. The van der Waals surface area contributed by atoms with E-state index in [1.807, 2.05) is 0 Å². The zero-order valence-electron chi connectivity index (χ0n) is 12.9. The standard InChI is InChI=1S/C16H28N4/c1-18(2)10-8-17-9-11-19-12-14-20(15-13-19)16-6-4-3-5-7-16/h3-7,17H,8-15H2,1-2H3. The highest BCUT2D eigenvalue weighted by atomic mass is 15.3. The zero-order valence-corrected chi connectivity index (χ0v) is 12.9. The van der Waals surface area contributed by atoms with Crippen molar-refractivity contribution >= 4 is 5.69 Å². The summed E-state index contributed by atoms with van der Waals surface area (Å²) in [4.78, 5) is 7.25. The van der Waals surface area contributed by atoms with Crippen LogP contribution in [0.4, 0.5) is 5.69 Å². The number of anilines is 1. The Kier molecular flexibility index (Phi) is 6.30. The second-order valence-corrected chi connectivity index (χ2v) is 5.72. The van der Waals surface area contributed by atoms with E-state index in [4.69, 9.17) is 0 Å². The van der Waals surface area contributed by atoms with Crippen LogP contribution in [0.25, 0.3) is 0 Å². The molecule has 0 atom stereocenters. The molecule has 0 unspecified atom stereocenters. The van der Waals surface area contributed by atoms with Crippen molar-refractivity contribution in [3.05, 3.63) is 30.3 Å². The molecule has 0 saturated carbocycles. The van der Waals surface area contributed by atoms with Crippen molar-refractivity contribution in [1.82, 2.24) is 15.1 Å². The molecule has 0 spiro atoms. The minimum Gasteiger partial charge on any atom is -0.369 e. The number of hydrogen-bond acceptors (Lipinski definition) is 4. The van der Waals surface area contributed by atoms with Crippen molar-refractivity contribution in [2.75, 3.05) is 71.4 Å². The molecule has 0 aromatic heterocycles. The Morgan fingerprint density at radius 1 is 1.00 bits per heavy atom. The predicted octanol–water partition coefficient (Wildman–Crippen LogP) is 0.960. The van der Waals surface area contributed by atoms with E-state index in [1.54, 1.807) is 0 Å². The van der Waals surface area contributed by atoms with Crippen molar-refractivity contribution in [3.8, 4) is 0 Å². The van der Waals surface area contributed by atoms with Crippen molar-refractivity contribution in [3.63, 3.8) is 0 Å². The van der Waals surface area contributed by atoms with Crippen LogP contribution in [0.5, 0.6) is 0 Å². The molecule has 1 aliphatic heterocycles. The molecule has 20 heavy (non-hydrogen) atoms. The maximum absolute atomic E-state index is 3.51. The highest BCUT2D eigenvalue weighted by Gasteiger charge is 2.16. The molecule has 1 aliphatic rings. The summed E-state index contributed by atoms with van der Waals surface area (Å²) >= 11 is 0. The third-order valence-electron chi connectivity index (χ3n) is 3.83. The molecule has 0 amide bonds. The van der Waals surface area contributed by atoms with Crippen LogP contribution < -0.4 is 10.2 Å². The van der Waals surface area contributed by atoms with Gasteiger partial charge in [-0.2, -0.15) is 0 Å². The first-order valence-corrected chi connectivity index (χ1v) is 7.63. The summed E-state index contributed by atoms with van der Waals surface area (Å²) in [6.07, 6.45) is 0. The fourth-order valence-electron chi connectivity index (χ4n) is 2.53. The number of nitrogens with one attached hydrogen (secondary N) is 1. The molecule has 112 valence electrons. The Morgan fingerprint density at radius 2 is 1.70 bits per heavy atom. The fourth-order valence-corrected chi connectivity index (χ4v) is 2.53. The van der Waals surface area contributed by atoms with Crippen molar-refractivity contribution in [2.24, 2.45) is 0 Å². The number of likely N-dealkylation sites (N-methyl/N-ethyl adjacent to an activating group) is 1. The van der Waals surface area contributed by atoms with E-state index in [0.29, 0.717) is 0 Å². The summed E-state index contributed by atoms with van der Waals surface area (Å²) in [6, 6.07) is 10.7. The number of hydrogen-bond donors (Lipinski definition) is 1. The van der Waals surface area contributed by atoms with Gasteiger partial charge in [-0.05, 0) is 26.2 Å². The normalized spacial score (nSPS) is 16.9. The van der Waals surface area contributed by atoms with Gasteiger partial charge >= 0.3 is 0 Å². The van der Waals surface area contributed by atoms with Gasteiger partial charge in [0, 0.05) is 58.0 Å². The third kappa shape index (κ3) is 5.12. The molecule has 1 saturated heterocycles. The predicted molar refractivity (Wildman–Crippen MR) is 86.5 cm³/mol. The van der Waals surface area contributed by atoms with E-state index in [0.717, 1.165) is 39.3 Å². The highest BCUT2D eigenvalue weighted by Crippen LogP contribution is 2.15. The van der Waals surface area contributed by atoms with E-state index in [1.165, 1.54) is 18.8 Å². The number of piperazine rings is 1. The molecular formula is C16H28N4. The molecule has 2 rings (SSSR count). The monoisotopic (exact) mass is 276 g/mol. The average molecular weight is 276 g/mol. The van der Waals surface area contributed by atoms with Crippen LogP contribution in [0.3, 0.4) is 0 Å². The molecule has 1 fully saturated rings. The molecule has 1 aromatic carbocycles. The summed E-state index contributed by atoms with van der Waals surface area (Å²) in [7, 11) is 4.23. The quantitative estimate of drug-likeness (QED) is 0.749. The van der Waals surface area contributed by atoms with Gasteiger partial charge in [0.05, 0.1) is 0 Å². The van der Waals surface area contributed by atoms with Crippen LogP contribution in [-0.4, -0.2) is 76.3 Å². The van der Waals surface area contributed by atoms with Gasteiger partial charge in [0.1, 0.15) is 0 Å². The number of nitrogens with zero attached hydrogens (tertiary/aromatic N) is 3. The van der Waals surface area contributed by atoms with Crippen LogP contribution in [-0.2, 0) is 0 Å². The maximum atomic E-state index is 3.51. The van der Waals surface area contributed by atoms with E-state index in [-0.39, 0.29) is 0 Å². The smallest absolute Gasteiger partial charge is 0.0367 e. The van der Waals surface area contributed by atoms with E-state index in [2.05, 4.69) is 64.4 Å². The largest absolute Gasteiger partial charge is 0.369 e. The average Bonchev–Trinajstić information content (AvgIpc) is 2.48. The molecule has 4 nitrogen and oxygen atoms in total. The molecule has 0 aliphatic carbocycles. The molecular weight excluding hydrogens is 248 g/mol. The maximum Gasteiger partial charge on any atom is 0.0367 e. The number of benzene rings is 1. The molecule has 1 heterocycles. The van der Waals surface area contributed by atoms with Crippen LogP contribution in [0.1, 0.15) is 0 Å². The van der Waals surface area contributed by atoms with Gasteiger partial charge in [-0.15, -0.1) is 0 Å². The lowest BCUT2D eigenvalue weighted by Crippen LogP contribution is -2.48. The minimum atomic E-state index is 1.08. The molecule has 1 aromatic rings. The molecule has 0 radical (unpaired) electrons. The number of rotatable bonds is 7. The fraction of sp³-hybridized carbons (Fsp3) is 0.625. The van der Waals surface area contributed by atoms with Gasteiger partial charge in [-0.25, -0.2) is 0 Å². The second kappa shape index (κ2) is 8.25. The zero-order chi connectivity index (χ0) is 14.2. The number of para-hydroxylation sites is 1. The van der Waals surface area contributed by atoms with Gasteiger partial charge in [-0.1, -0.05) is 18.2 Å². The van der Waals surface area contributed by atoms with Gasteiger partial charge in [0.15, 0.2) is 0 Å². The van der Waals surface area contributed by atoms with Gasteiger partial charge in [-0.3, -0.25) is 4.90 Å². The van der Waals surface area contributed by atoms with Gasteiger partial charge in [0.25, 0.3) is 0 Å². The van der Waals surface area contributed by atoms with E-state index in [9.17, 15) is 0 Å². The van der Waals surface area contributed by atoms with Crippen LogP contribution in [0.2, 0.25) is 0 Å². The SMILES string of the molecule is CN(C)CCNCCN1CCN(c2ccccc2)CC1. The summed E-state index contributed by atoms with van der Waals surface area (Å²) in [5, 5.41) is 3.51. The first-order chi connectivity index (χ1) is 9.75. The lowest BCUT2D eigenvalue weighted by Gasteiger charge is -2.36. The van der Waals surface area contributed by atoms with Crippen molar-refractivity contribution < 1.29 is 0 Å². The summed E-state index contributed by atoms with van der Waals surface area (Å²) in [6.45, 7) is 9.08. The first kappa shape index (κ1) is 15.3. The Bertz CT molecular complexity index is 358. The molecule has 0 bridgehead atoms. The summed E-state index contributed by atoms with van der Waals surface area (Å²) < 4.78 is 0. The molecule has 1 N–H and O–H groups in total. The minimum absolute atomic E-state index is 1.08. The van der Waals surface area contributed by atoms with Crippen molar-refractivity contribution in [1.29, 1.82) is 0 Å². The van der Waals surface area contributed by atoms with Crippen molar-refractivity contribution in [2.45, 2.75) is 0 Å². The van der Waals surface area contributed by atoms with Crippen LogP contribution in [0, 0.1) is 0 Å². The first-order valence-electron chi connectivity index (χ1n) is 7.63. The second-order valence-electron chi connectivity index (χ2n) is 5.72. The Labute approximate surface area is 123 Å². The summed E-state index contributed by atoms with van der Waals surface area (Å²) in [5.41, 5.74) is 1.36. The Morgan fingerprint density at radius 3 is 2.35 bits per heavy atom. The Balaban J connectivity index is 1.60. The lowest BCUT2D eigenvalue weighted by atomic mass is 10.2. The highest BCUT2D eigenvalue weighted by molar-refractivity contribution is 5.46. The lowest BCUT2D eigenvalue weighted by molar-refractivity contribution is 0.256. The Hall–Kier alpha value is -1.10. The van der Waals surface area contributed by atoms with E-state index < -0.39 is 0 Å². The third-order valence-corrected chi connectivity index (χ3v) is 3.83. The van der Waals surface area contributed by atoms with Gasteiger partial charge < -0.3 is 15.1 Å². The van der Waals surface area contributed by atoms with E-state index >= 15 is 0 Å². The summed E-state index contributed by atoms with van der Waals surface area (Å²) in [5.74, 6) is 0. The van der Waals surface area contributed by atoms with Crippen LogP contribution in [0.15, 0.2) is 30.3 Å². The van der Waals surface area contributed by atoms with Gasteiger partial charge in [0.2, 0.25) is 0 Å². The topological polar surface area (TPSA) is 21.8 Å².